The summed E-state index contributed by atoms with van der Waals surface area (Å²) in [6.45, 7) is 14.1. The first-order valence-corrected chi connectivity index (χ1v) is 22.1. The van der Waals surface area contributed by atoms with Crippen molar-refractivity contribution in [2.45, 2.75) is 104 Å². The molecule has 7 rings (SSSR count). The molecule has 1 radical (unpaired) electrons. The molecule has 50 heavy (non-hydrogen) atoms. The van der Waals surface area contributed by atoms with Gasteiger partial charge in [-0.2, -0.15) is 0 Å². The summed E-state index contributed by atoms with van der Waals surface area (Å²) in [6.07, 6.45) is 18.4. The van der Waals surface area contributed by atoms with Gasteiger partial charge >= 0.3 is 0 Å². The molecule has 0 amide bonds. The normalized spacial score (nSPS) is 16.3. The maximum absolute atomic E-state index is 4.79. The number of aryl methyl sites for hydroxylation is 1. The molecule has 2 fully saturated rings. The first-order chi connectivity index (χ1) is 23.7. The first kappa shape index (κ1) is 38.0. The van der Waals surface area contributed by atoms with Crippen LogP contribution in [-0.2, 0) is 20.1 Å². The van der Waals surface area contributed by atoms with E-state index in [9.17, 15) is 0 Å². The number of nitrogens with zero attached hydrogens (tertiary/aromatic N) is 3. The molecule has 0 spiro atoms. The molecule has 0 bridgehead atoms. The van der Waals surface area contributed by atoms with E-state index in [1.54, 1.807) is 5.56 Å². The molecule has 0 N–H and O–H groups in total. The van der Waals surface area contributed by atoms with Gasteiger partial charge < -0.3 is 15.0 Å². The molecule has 5 aromatic rings. The van der Waals surface area contributed by atoms with E-state index in [0.717, 1.165) is 40.0 Å². The van der Waals surface area contributed by atoms with E-state index in [0.29, 0.717) is 11.8 Å². The molecule has 0 aliphatic heterocycles. The predicted octanol–water partition coefficient (Wildman–Crippen LogP) is 11.6. The molecule has 2 aromatic carbocycles. The van der Waals surface area contributed by atoms with Crippen LogP contribution in [0.4, 0.5) is 0 Å². The molecule has 0 saturated heterocycles. The summed E-state index contributed by atoms with van der Waals surface area (Å²) in [6, 6.07) is 30.8. The van der Waals surface area contributed by atoms with E-state index in [1.165, 1.54) is 73.2 Å². The zero-order valence-electron chi connectivity index (χ0n) is 30.8. The summed E-state index contributed by atoms with van der Waals surface area (Å²) >= 11 is 0. The number of hydrogen-bond acceptors (Lipinski definition) is 3. The van der Waals surface area contributed by atoms with E-state index in [2.05, 4.69) is 124 Å². The fraction of sp³-hybridized carbons (Fsp3) is 0.400. The van der Waals surface area contributed by atoms with Crippen LogP contribution in [0.15, 0.2) is 91.3 Å². The fourth-order valence-electron chi connectivity index (χ4n) is 8.01. The van der Waals surface area contributed by atoms with Crippen LogP contribution in [0.2, 0.25) is 19.6 Å². The van der Waals surface area contributed by atoms with Crippen molar-refractivity contribution >= 4 is 13.3 Å². The Hall–Kier alpha value is -3.24. The van der Waals surface area contributed by atoms with Gasteiger partial charge in [0.1, 0.15) is 0 Å². The van der Waals surface area contributed by atoms with Crippen LogP contribution in [0.5, 0.6) is 0 Å². The minimum absolute atomic E-state index is 0. The zero-order chi connectivity index (χ0) is 34.4. The second-order valence-corrected chi connectivity index (χ2v) is 20.5. The van der Waals surface area contributed by atoms with Crippen molar-refractivity contribution in [2.75, 3.05) is 0 Å². The molecular formula is C45H53IrN3Si-2. The topological polar surface area (TPSA) is 38.7 Å². The Labute approximate surface area is 316 Å². The van der Waals surface area contributed by atoms with Crippen LogP contribution in [0, 0.1) is 31.0 Å². The molecular weight excluding hydrogens is 803 g/mol. The average Bonchev–Trinajstić information content (AvgIpc) is 3.88. The Morgan fingerprint density at radius 2 is 1.28 bits per heavy atom. The van der Waals surface area contributed by atoms with Gasteiger partial charge in [-0.25, -0.2) is 0 Å². The van der Waals surface area contributed by atoms with Gasteiger partial charge in [0.2, 0.25) is 0 Å². The summed E-state index contributed by atoms with van der Waals surface area (Å²) in [7, 11) is -1.39. The molecule has 2 unspecified atom stereocenters. The maximum Gasteiger partial charge on any atom is 0.0799 e. The van der Waals surface area contributed by atoms with Crippen molar-refractivity contribution in [3.8, 4) is 33.6 Å². The van der Waals surface area contributed by atoms with E-state index < -0.39 is 8.07 Å². The van der Waals surface area contributed by atoms with Gasteiger partial charge in [-0.05, 0) is 94.5 Å². The Morgan fingerprint density at radius 1 is 0.680 bits per heavy atom. The van der Waals surface area contributed by atoms with Gasteiger partial charge in [0.25, 0.3) is 0 Å². The summed E-state index contributed by atoms with van der Waals surface area (Å²) < 4.78 is 0. The second-order valence-electron chi connectivity index (χ2n) is 15.5. The van der Waals surface area contributed by atoms with Crippen molar-refractivity contribution in [2.24, 2.45) is 11.8 Å². The van der Waals surface area contributed by atoms with Crippen molar-refractivity contribution in [1.29, 1.82) is 0 Å². The predicted molar refractivity (Wildman–Crippen MR) is 209 cm³/mol. The number of hydrogen-bond donors (Lipinski definition) is 0. The van der Waals surface area contributed by atoms with Crippen LogP contribution in [0.3, 0.4) is 0 Å². The Morgan fingerprint density at radius 3 is 1.86 bits per heavy atom. The quantitative estimate of drug-likeness (QED) is 0.115. The minimum Gasteiger partial charge on any atom is -0.357 e. The molecule has 2 aliphatic rings. The fourth-order valence-corrected chi connectivity index (χ4v) is 9.63. The largest absolute Gasteiger partial charge is 0.357 e. The molecule has 2 atom stereocenters. The third kappa shape index (κ3) is 9.15. The second kappa shape index (κ2) is 17.3. The van der Waals surface area contributed by atoms with Crippen LogP contribution >= 0.6 is 0 Å². The molecule has 3 nitrogen and oxygen atoms in total. The monoisotopic (exact) mass is 856 g/mol. The molecule has 5 heteroatoms. The van der Waals surface area contributed by atoms with Crippen LogP contribution < -0.4 is 5.19 Å². The molecule has 2 aliphatic carbocycles. The third-order valence-electron chi connectivity index (χ3n) is 11.1. The van der Waals surface area contributed by atoms with Crippen molar-refractivity contribution in [3.63, 3.8) is 0 Å². The SMILES string of the molecule is CC(c1cc(-c2[c-]cccc2)ncc1[Si](C)(C)C)C1CCCC1.Cc1ccc(-c2cc(-c3ccccc3)c(C(C)C3CCCC3)cn2)[c-]n1.[Ir]. The van der Waals surface area contributed by atoms with Crippen molar-refractivity contribution in [1.82, 2.24) is 15.0 Å². The molecule has 2 saturated carbocycles. The van der Waals surface area contributed by atoms with Crippen LogP contribution in [0.1, 0.15) is 93.9 Å². The molecule has 3 heterocycles. The van der Waals surface area contributed by atoms with E-state index >= 15 is 0 Å². The van der Waals surface area contributed by atoms with Gasteiger partial charge in [-0.1, -0.05) is 114 Å². The number of rotatable bonds is 8. The molecule has 263 valence electrons. The molecule has 3 aromatic heterocycles. The van der Waals surface area contributed by atoms with E-state index in [1.807, 2.05) is 25.1 Å². The van der Waals surface area contributed by atoms with E-state index in [4.69, 9.17) is 9.97 Å². The Kier molecular flexibility index (Phi) is 13.2. The van der Waals surface area contributed by atoms with Crippen molar-refractivity contribution < 1.29 is 20.1 Å². The van der Waals surface area contributed by atoms with Gasteiger partial charge in [-0.15, -0.1) is 53.6 Å². The zero-order valence-corrected chi connectivity index (χ0v) is 34.2. The third-order valence-corrected chi connectivity index (χ3v) is 13.1. The Balaban J connectivity index is 0.000000192. The average molecular weight is 856 g/mol. The Bertz CT molecular complexity index is 1790. The van der Waals surface area contributed by atoms with Crippen LogP contribution in [-0.4, -0.2) is 23.0 Å². The summed E-state index contributed by atoms with van der Waals surface area (Å²) in [5.74, 6) is 2.80. The number of pyridine rings is 3. The number of benzene rings is 2. The van der Waals surface area contributed by atoms with Gasteiger partial charge in [0.05, 0.1) is 8.07 Å². The van der Waals surface area contributed by atoms with Gasteiger partial charge in [0.15, 0.2) is 0 Å². The van der Waals surface area contributed by atoms with E-state index in [-0.39, 0.29) is 20.1 Å². The van der Waals surface area contributed by atoms with Crippen molar-refractivity contribution in [3.05, 3.63) is 120 Å². The first-order valence-electron chi connectivity index (χ1n) is 18.6. The minimum atomic E-state index is -1.39. The maximum atomic E-state index is 4.79. The van der Waals surface area contributed by atoms with Gasteiger partial charge in [-0.3, -0.25) is 0 Å². The summed E-state index contributed by atoms with van der Waals surface area (Å²) in [4.78, 5) is 13.9. The summed E-state index contributed by atoms with van der Waals surface area (Å²) in [5.41, 5.74) is 10.5. The summed E-state index contributed by atoms with van der Waals surface area (Å²) in [5, 5.41) is 1.54. The van der Waals surface area contributed by atoms with Gasteiger partial charge in [0, 0.05) is 32.5 Å². The number of aromatic nitrogens is 3. The standard InChI is InChI=1S/C24H25N2.C21H28NSi.Ir/c1-17-12-13-21(15-25-17)24-14-22(20-10-4-3-5-11-20)23(16-26-24)18(2)19-8-6-7-9-19;1-16(17-10-8-9-11-17)19-14-20(18-12-6-5-7-13-18)22-15-21(19)23(2,3)4;/h3-5,10-14,16,18-19H,6-9H2,1-2H3;5-7,12,14-17H,8-11H2,1-4H3;/q2*-1;. The smallest absolute Gasteiger partial charge is 0.0799 e. The van der Waals surface area contributed by atoms with Crippen LogP contribution in [0.25, 0.3) is 33.6 Å².